The molecule has 216 valence electrons. The van der Waals surface area contributed by atoms with E-state index >= 15 is 0 Å². The van der Waals surface area contributed by atoms with Crippen molar-refractivity contribution in [2.45, 2.75) is 56.4 Å². The Morgan fingerprint density at radius 2 is 1.69 bits per heavy atom. The quantitative estimate of drug-likeness (QED) is 0.192. The van der Waals surface area contributed by atoms with E-state index in [2.05, 4.69) is 0 Å². The maximum absolute atomic E-state index is 12.4. The van der Waals surface area contributed by atoms with Crippen molar-refractivity contribution in [2.75, 3.05) is 32.9 Å². The van der Waals surface area contributed by atoms with Crippen LogP contribution in [0.3, 0.4) is 0 Å². The maximum Gasteiger partial charge on any atom is 0.348 e. The summed E-state index contributed by atoms with van der Waals surface area (Å²) in [4.78, 5) is 27.4. The zero-order valence-electron chi connectivity index (χ0n) is 21.7. The molecule has 3 N–H and O–H groups in total. The van der Waals surface area contributed by atoms with Gasteiger partial charge in [0, 0.05) is 33.4 Å². The van der Waals surface area contributed by atoms with Gasteiger partial charge < -0.3 is 25.0 Å². The Bertz CT molecular complexity index is 1060. The molecule has 11 heteroatoms. The predicted molar refractivity (Wildman–Crippen MR) is 155 cm³/mol. The average Bonchev–Trinajstić information content (AvgIpc) is 3.46. The van der Waals surface area contributed by atoms with Crippen molar-refractivity contribution in [1.82, 2.24) is 4.90 Å². The molecule has 1 amide bonds. The summed E-state index contributed by atoms with van der Waals surface area (Å²) in [5.41, 5.74) is 1.05. The van der Waals surface area contributed by atoms with Crippen LogP contribution in [0.5, 0.6) is 0 Å². The topological polar surface area (TPSA) is 107 Å². The molecule has 1 aliphatic carbocycles. The summed E-state index contributed by atoms with van der Waals surface area (Å²) in [7, 11) is 0. The van der Waals surface area contributed by atoms with Crippen molar-refractivity contribution in [1.29, 1.82) is 0 Å². The third-order valence-electron chi connectivity index (χ3n) is 7.13. The molecule has 1 saturated carbocycles. The highest BCUT2D eigenvalue weighted by molar-refractivity contribution is 7.13. The van der Waals surface area contributed by atoms with Crippen molar-refractivity contribution >= 4 is 58.0 Å². The van der Waals surface area contributed by atoms with Crippen LogP contribution < -0.4 is 0 Å². The number of aliphatic hydroxyl groups is 3. The number of amides is 1. The number of hydrogen-bond acceptors (Lipinski definition) is 7. The monoisotopic (exact) mass is 619 g/mol. The molecule has 0 unspecified atom stereocenters. The Morgan fingerprint density at radius 1 is 1.00 bits per heavy atom. The fourth-order valence-corrected chi connectivity index (χ4v) is 7.23. The maximum atomic E-state index is 12.4. The van der Waals surface area contributed by atoms with Crippen LogP contribution in [0.25, 0.3) is 0 Å². The van der Waals surface area contributed by atoms with Gasteiger partial charge in [0.15, 0.2) is 0 Å². The van der Waals surface area contributed by atoms with Crippen LogP contribution in [0.4, 0.5) is 0 Å². The number of ether oxygens (including phenoxy) is 1. The number of hydrogen-bond donors (Lipinski definition) is 3. The summed E-state index contributed by atoms with van der Waals surface area (Å²) < 4.78 is 5.26. The largest absolute Gasteiger partial charge is 0.461 e. The summed E-state index contributed by atoms with van der Waals surface area (Å²) in [5.74, 6) is -0.458. The summed E-state index contributed by atoms with van der Waals surface area (Å²) in [6.45, 7) is -0.209. The van der Waals surface area contributed by atoms with Crippen LogP contribution in [-0.4, -0.2) is 76.5 Å². The third kappa shape index (κ3) is 9.88. The smallest absolute Gasteiger partial charge is 0.348 e. The van der Waals surface area contributed by atoms with Crippen molar-refractivity contribution in [3.05, 3.63) is 55.7 Å². The molecule has 0 radical (unpaired) electrons. The van der Waals surface area contributed by atoms with Gasteiger partial charge in [-0.05, 0) is 86.3 Å². The number of aryl methyl sites for hydroxylation is 2. The molecule has 2 aromatic rings. The first kappa shape index (κ1) is 32.1. The lowest BCUT2D eigenvalue weighted by Crippen LogP contribution is -2.36. The molecule has 0 spiro atoms. The van der Waals surface area contributed by atoms with E-state index < -0.39 is 12.1 Å². The Kier molecular flexibility index (Phi) is 13.3. The van der Waals surface area contributed by atoms with Crippen LogP contribution in [0, 0.1) is 11.8 Å². The highest BCUT2D eigenvalue weighted by Crippen LogP contribution is 2.42. The minimum Gasteiger partial charge on any atom is -0.461 e. The number of carbonyl (C=O) groups excluding carboxylic acids is 2. The van der Waals surface area contributed by atoms with Gasteiger partial charge in [-0.3, -0.25) is 4.79 Å². The minimum atomic E-state index is -0.476. The number of rotatable bonds is 15. The first-order valence-corrected chi connectivity index (χ1v) is 15.2. The summed E-state index contributed by atoms with van der Waals surface area (Å²) >= 11 is 20.3. The summed E-state index contributed by atoms with van der Waals surface area (Å²) in [6.07, 6.45) is 4.28. The van der Waals surface area contributed by atoms with Gasteiger partial charge in [-0.2, -0.15) is 0 Å². The second-order valence-corrected chi connectivity index (χ2v) is 12.4. The lowest BCUT2D eigenvalue weighted by Gasteiger charge is -2.23. The Balaban J connectivity index is 1.44. The van der Waals surface area contributed by atoms with Gasteiger partial charge in [-0.15, -0.1) is 22.9 Å². The van der Waals surface area contributed by atoms with E-state index in [4.69, 9.17) is 49.8 Å². The molecule has 1 aromatic heterocycles. The SMILES string of the molecule is O=C(OCCC(=O)N(CCO)CCO)c1ccc(CCC[C@@H]2[C@@H](CCc3cc(Cl)cc(Cl)c3)[C@H](O)C[C@H]2Cl)s1. The number of esters is 1. The van der Waals surface area contributed by atoms with Crippen molar-refractivity contribution < 1.29 is 29.6 Å². The zero-order valence-corrected chi connectivity index (χ0v) is 24.8. The molecule has 1 aromatic carbocycles. The molecule has 4 atom stereocenters. The van der Waals surface area contributed by atoms with Gasteiger partial charge in [0.1, 0.15) is 11.5 Å². The van der Waals surface area contributed by atoms with Crippen molar-refractivity contribution in [3.63, 3.8) is 0 Å². The van der Waals surface area contributed by atoms with E-state index in [9.17, 15) is 14.7 Å². The molecular weight excluding hydrogens is 585 g/mol. The van der Waals surface area contributed by atoms with Crippen LogP contribution in [-0.2, 0) is 22.4 Å². The molecule has 0 bridgehead atoms. The number of nitrogens with zero attached hydrogens (tertiary/aromatic N) is 1. The average molecular weight is 621 g/mol. The van der Waals surface area contributed by atoms with Gasteiger partial charge in [0.25, 0.3) is 0 Å². The normalized spacial score (nSPS) is 20.8. The third-order valence-corrected chi connectivity index (χ3v) is 9.19. The number of alkyl halides is 1. The number of carbonyl (C=O) groups is 2. The molecular formula is C28H36Cl3NO6S. The lowest BCUT2D eigenvalue weighted by molar-refractivity contribution is -0.132. The standard InChI is InChI=1S/C28H36Cl3NO6S/c29-19-14-18(15-20(30)16-19)4-6-23-22(24(31)17-25(23)35)3-1-2-21-5-7-26(39-21)28(37)38-13-8-27(36)32(9-11-33)10-12-34/h5,7,14-16,22-25,33-35H,1-4,6,8-13,17H2/t22-,23-,24-,25-/m1/s1. The second kappa shape index (κ2) is 16.2. The predicted octanol–water partition coefficient (Wildman–Crippen LogP) is 4.97. The molecule has 0 aliphatic heterocycles. The van der Waals surface area contributed by atoms with Crippen LogP contribution in [0.15, 0.2) is 30.3 Å². The van der Waals surface area contributed by atoms with Gasteiger partial charge >= 0.3 is 5.97 Å². The van der Waals surface area contributed by atoms with Gasteiger partial charge in [0.2, 0.25) is 5.91 Å². The Morgan fingerprint density at radius 3 is 2.36 bits per heavy atom. The molecule has 3 rings (SSSR count). The van der Waals surface area contributed by atoms with Gasteiger partial charge in [0.05, 0.1) is 25.7 Å². The fourth-order valence-electron chi connectivity index (χ4n) is 5.22. The van der Waals surface area contributed by atoms with E-state index in [0.29, 0.717) is 21.3 Å². The number of aliphatic hydroxyl groups excluding tert-OH is 3. The molecule has 39 heavy (non-hydrogen) atoms. The lowest BCUT2D eigenvalue weighted by atomic mass is 9.85. The molecule has 1 aliphatic rings. The van der Waals surface area contributed by atoms with Crippen molar-refractivity contribution in [2.24, 2.45) is 11.8 Å². The number of benzene rings is 1. The van der Waals surface area contributed by atoms with Crippen molar-refractivity contribution in [3.8, 4) is 0 Å². The minimum absolute atomic E-state index is 0.0116. The van der Waals surface area contributed by atoms with Crippen LogP contribution >= 0.6 is 46.1 Å². The molecule has 0 saturated heterocycles. The summed E-state index contributed by atoms with van der Waals surface area (Å²) in [5, 5.41) is 29.9. The van der Waals surface area contributed by atoms with Gasteiger partial charge in [-0.25, -0.2) is 4.79 Å². The number of halogens is 3. The summed E-state index contributed by atoms with van der Waals surface area (Å²) in [6, 6.07) is 9.17. The second-order valence-electron chi connectivity index (χ2n) is 9.84. The van der Waals surface area contributed by atoms with E-state index in [1.807, 2.05) is 18.2 Å². The number of thiophene rings is 1. The van der Waals surface area contributed by atoms with Crippen LogP contribution in [0.2, 0.25) is 10.0 Å². The van der Waals surface area contributed by atoms with Crippen LogP contribution in [0.1, 0.15) is 52.2 Å². The first-order valence-electron chi connectivity index (χ1n) is 13.2. The van der Waals surface area contributed by atoms with E-state index in [0.717, 1.165) is 42.5 Å². The fraction of sp³-hybridized carbons (Fsp3) is 0.571. The Labute approximate surface area is 248 Å². The zero-order chi connectivity index (χ0) is 28.4. The van der Waals surface area contributed by atoms with Gasteiger partial charge in [-0.1, -0.05) is 23.2 Å². The van der Waals surface area contributed by atoms with E-state index in [-0.39, 0.29) is 62.5 Å². The Hall–Kier alpha value is -1.39. The molecule has 1 fully saturated rings. The highest BCUT2D eigenvalue weighted by atomic mass is 35.5. The molecule has 7 nitrogen and oxygen atoms in total. The highest BCUT2D eigenvalue weighted by Gasteiger charge is 2.40. The van der Waals surface area contributed by atoms with E-state index in [1.165, 1.54) is 16.2 Å². The first-order chi connectivity index (χ1) is 18.7. The molecule has 1 heterocycles. The van der Waals surface area contributed by atoms with E-state index in [1.54, 1.807) is 12.1 Å².